The summed E-state index contributed by atoms with van der Waals surface area (Å²) in [6, 6.07) is 21.1. The third-order valence-electron chi connectivity index (χ3n) is 4.30. The van der Waals surface area contributed by atoms with Gasteiger partial charge in [0.15, 0.2) is 0 Å². The van der Waals surface area contributed by atoms with E-state index in [0.29, 0.717) is 0 Å². The highest BCUT2D eigenvalue weighted by Gasteiger charge is 2.06. The zero-order valence-corrected chi connectivity index (χ0v) is 12.7. The number of benzene rings is 3. The molecule has 4 aromatic rings. The summed E-state index contributed by atoms with van der Waals surface area (Å²) in [5, 5.41) is 11.0. The topological polar surface area (TPSA) is 25.8 Å². The van der Waals surface area contributed by atoms with E-state index in [0.717, 1.165) is 21.8 Å². The van der Waals surface area contributed by atoms with Crippen molar-refractivity contribution in [3.63, 3.8) is 0 Å². The minimum absolute atomic E-state index is 0.939. The van der Waals surface area contributed by atoms with Crippen molar-refractivity contribution >= 4 is 21.8 Å². The normalized spacial score (nSPS) is 11.2. The lowest BCUT2D eigenvalue weighted by atomic mass is 9.99. The number of hydrogen-bond donors (Lipinski definition) is 0. The van der Waals surface area contributed by atoms with Crippen LogP contribution in [0.25, 0.3) is 32.9 Å². The molecule has 0 amide bonds. The first-order valence-corrected chi connectivity index (χ1v) is 7.45. The summed E-state index contributed by atoms with van der Waals surface area (Å²) in [6.07, 6.45) is 0. The van der Waals surface area contributed by atoms with Gasteiger partial charge in [0.25, 0.3) is 0 Å². The molecule has 0 aliphatic rings. The van der Waals surface area contributed by atoms with Crippen LogP contribution in [0.15, 0.2) is 60.7 Å². The molecule has 0 saturated carbocycles. The average Bonchev–Trinajstić information content (AvgIpc) is 2.56. The fraction of sp³-hybridized carbons (Fsp3) is 0.100. The van der Waals surface area contributed by atoms with Gasteiger partial charge in [0.05, 0.1) is 11.0 Å². The van der Waals surface area contributed by atoms with E-state index in [2.05, 4.69) is 66.5 Å². The maximum atomic E-state index is 4.39. The van der Waals surface area contributed by atoms with E-state index in [1.807, 2.05) is 18.2 Å². The molecule has 4 rings (SSSR count). The smallest absolute Gasteiger partial charge is 0.0942 e. The Kier molecular flexibility index (Phi) is 2.90. The van der Waals surface area contributed by atoms with E-state index in [1.54, 1.807) is 0 Å². The molecule has 0 bridgehead atoms. The highest BCUT2D eigenvalue weighted by Crippen LogP contribution is 2.28. The molecule has 0 N–H and O–H groups in total. The molecule has 0 radical (unpaired) electrons. The molecule has 3 aromatic carbocycles. The van der Waals surface area contributed by atoms with Crippen LogP contribution < -0.4 is 0 Å². The number of fused-ring (bicyclic) bond motifs is 3. The predicted molar refractivity (Wildman–Crippen MR) is 92.0 cm³/mol. The van der Waals surface area contributed by atoms with Crippen molar-refractivity contribution in [2.75, 3.05) is 0 Å². The van der Waals surface area contributed by atoms with Crippen LogP contribution in [0.2, 0.25) is 0 Å². The molecular weight excluding hydrogens is 268 g/mol. The lowest BCUT2D eigenvalue weighted by molar-refractivity contribution is 1.12. The van der Waals surface area contributed by atoms with Gasteiger partial charge in [-0.1, -0.05) is 48.5 Å². The van der Waals surface area contributed by atoms with Crippen LogP contribution in [0.5, 0.6) is 0 Å². The Morgan fingerprint density at radius 2 is 1.27 bits per heavy atom. The van der Waals surface area contributed by atoms with Crippen molar-refractivity contribution in [3.05, 3.63) is 71.8 Å². The van der Waals surface area contributed by atoms with E-state index in [-0.39, 0.29) is 0 Å². The Morgan fingerprint density at radius 1 is 0.591 bits per heavy atom. The number of hydrogen-bond acceptors (Lipinski definition) is 2. The summed E-state index contributed by atoms with van der Waals surface area (Å²) in [6.45, 7) is 4.28. The zero-order chi connectivity index (χ0) is 15.1. The molecule has 22 heavy (non-hydrogen) atoms. The molecule has 0 unspecified atom stereocenters. The van der Waals surface area contributed by atoms with Crippen LogP contribution in [0.3, 0.4) is 0 Å². The maximum absolute atomic E-state index is 4.39. The Balaban J connectivity index is 1.94. The van der Waals surface area contributed by atoms with Gasteiger partial charge in [0.2, 0.25) is 0 Å². The highest BCUT2D eigenvalue weighted by molar-refractivity contribution is 6.04. The van der Waals surface area contributed by atoms with Crippen molar-refractivity contribution in [1.29, 1.82) is 0 Å². The molecule has 0 aliphatic carbocycles. The standard InChI is InChI=1S/C20H16N2/c1-13-7-8-15(11-14(13)2)16-9-10-18-17-5-3-4-6-19(17)21-22-20(18)12-16/h3-12H,1-2H3. The van der Waals surface area contributed by atoms with E-state index in [1.165, 1.54) is 22.3 Å². The van der Waals surface area contributed by atoms with E-state index in [9.17, 15) is 0 Å². The van der Waals surface area contributed by atoms with Crippen molar-refractivity contribution < 1.29 is 0 Å². The number of nitrogens with zero attached hydrogens (tertiary/aromatic N) is 2. The Morgan fingerprint density at radius 3 is 2.14 bits per heavy atom. The van der Waals surface area contributed by atoms with Crippen LogP contribution in [0.4, 0.5) is 0 Å². The van der Waals surface area contributed by atoms with Gasteiger partial charge in [-0.3, -0.25) is 0 Å². The average molecular weight is 284 g/mol. The van der Waals surface area contributed by atoms with Gasteiger partial charge >= 0.3 is 0 Å². The van der Waals surface area contributed by atoms with Gasteiger partial charge in [0, 0.05) is 10.8 Å². The summed E-state index contributed by atoms with van der Waals surface area (Å²) < 4.78 is 0. The summed E-state index contributed by atoms with van der Waals surface area (Å²) in [5.74, 6) is 0. The summed E-state index contributed by atoms with van der Waals surface area (Å²) in [5.41, 5.74) is 6.90. The van der Waals surface area contributed by atoms with Crippen molar-refractivity contribution in [2.24, 2.45) is 0 Å². The largest absolute Gasteiger partial charge is 0.150 e. The van der Waals surface area contributed by atoms with Gasteiger partial charge in [0.1, 0.15) is 0 Å². The van der Waals surface area contributed by atoms with Gasteiger partial charge in [-0.25, -0.2) is 0 Å². The summed E-state index contributed by atoms with van der Waals surface area (Å²) >= 11 is 0. The molecule has 106 valence electrons. The summed E-state index contributed by atoms with van der Waals surface area (Å²) in [4.78, 5) is 0. The fourth-order valence-electron chi connectivity index (χ4n) is 2.84. The van der Waals surface area contributed by atoms with E-state index in [4.69, 9.17) is 0 Å². The molecule has 0 fully saturated rings. The predicted octanol–water partition coefficient (Wildman–Crippen LogP) is 5.07. The fourth-order valence-corrected chi connectivity index (χ4v) is 2.84. The summed E-state index contributed by atoms with van der Waals surface area (Å²) in [7, 11) is 0. The third-order valence-corrected chi connectivity index (χ3v) is 4.30. The minimum atomic E-state index is 0.939. The zero-order valence-electron chi connectivity index (χ0n) is 12.7. The van der Waals surface area contributed by atoms with Crippen molar-refractivity contribution in [3.8, 4) is 11.1 Å². The molecular formula is C20H16N2. The second kappa shape index (κ2) is 4.92. The second-order valence-electron chi connectivity index (χ2n) is 5.75. The quantitative estimate of drug-likeness (QED) is 0.456. The maximum Gasteiger partial charge on any atom is 0.0942 e. The third kappa shape index (κ3) is 2.04. The van der Waals surface area contributed by atoms with Crippen LogP contribution in [-0.2, 0) is 0 Å². The van der Waals surface area contributed by atoms with Crippen LogP contribution in [0, 0.1) is 13.8 Å². The molecule has 0 spiro atoms. The Bertz CT molecular complexity index is 1000. The molecule has 2 nitrogen and oxygen atoms in total. The second-order valence-corrected chi connectivity index (χ2v) is 5.75. The van der Waals surface area contributed by atoms with Gasteiger partial charge < -0.3 is 0 Å². The van der Waals surface area contributed by atoms with Crippen molar-refractivity contribution in [2.45, 2.75) is 13.8 Å². The highest BCUT2D eigenvalue weighted by atomic mass is 15.1. The molecule has 1 heterocycles. The number of aryl methyl sites for hydroxylation is 2. The lowest BCUT2D eigenvalue weighted by Crippen LogP contribution is -1.89. The van der Waals surface area contributed by atoms with E-state index >= 15 is 0 Å². The molecule has 0 aliphatic heterocycles. The van der Waals surface area contributed by atoms with Crippen LogP contribution in [-0.4, -0.2) is 10.2 Å². The minimum Gasteiger partial charge on any atom is -0.150 e. The lowest BCUT2D eigenvalue weighted by Gasteiger charge is -2.07. The first kappa shape index (κ1) is 13.0. The van der Waals surface area contributed by atoms with Crippen LogP contribution in [0.1, 0.15) is 11.1 Å². The monoisotopic (exact) mass is 284 g/mol. The van der Waals surface area contributed by atoms with Gasteiger partial charge in [-0.15, -0.1) is 10.2 Å². The number of rotatable bonds is 1. The molecule has 1 aromatic heterocycles. The Hall–Kier alpha value is -2.74. The SMILES string of the molecule is Cc1ccc(-c2ccc3c(c2)nnc2ccccc23)cc1C. The van der Waals surface area contributed by atoms with Gasteiger partial charge in [-0.05, 0) is 48.2 Å². The number of aromatic nitrogens is 2. The Labute approximate surface area is 129 Å². The van der Waals surface area contributed by atoms with Crippen LogP contribution >= 0.6 is 0 Å². The van der Waals surface area contributed by atoms with Crippen molar-refractivity contribution in [1.82, 2.24) is 10.2 Å². The first-order valence-electron chi connectivity index (χ1n) is 7.45. The molecule has 0 atom stereocenters. The molecule has 0 saturated heterocycles. The molecule has 2 heteroatoms. The first-order chi connectivity index (χ1) is 10.7. The van der Waals surface area contributed by atoms with E-state index < -0.39 is 0 Å². The van der Waals surface area contributed by atoms with Gasteiger partial charge in [-0.2, -0.15) is 0 Å².